The van der Waals surface area contributed by atoms with Crippen LogP contribution in [-0.4, -0.2) is 26.2 Å². The molecule has 1 heterocycles. The number of anilines is 1. The molecule has 2 rings (SSSR count). The van der Waals surface area contributed by atoms with Crippen LogP contribution in [0.5, 0.6) is 0 Å². The molecule has 0 bridgehead atoms. The number of nitrogens with zero attached hydrogens (tertiary/aromatic N) is 1. The predicted octanol–water partition coefficient (Wildman–Crippen LogP) is 2.79. The Balaban J connectivity index is 2.68. The summed E-state index contributed by atoms with van der Waals surface area (Å²) in [6, 6.07) is 5.85. The Morgan fingerprint density at radius 3 is 2.30 bits per heavy atom. The van der Waals surface area contributed by atoms with Gasteiger partial charge in [0.1, 0.15) is 5.70 Å². The topological polar surface area (TPSA) is 55.8 Å². The molecule has 0 spiro atoms. The molecule has 1 aliphatic heterocycles. The van der Waals surface area contributed by atoms with E-state index in [1.807, 2.05) is 32.0 Å². The molecule has 0 atom stereocenters. The van der Waals surface area contributed by atoms with Gasteiger partial charge in [-0.3, -0.25) is 0 Å². The minimum absolute atomic E-state index is 0.122. The lowest BCUT2D eigenvalue weighted by atomic mass is 10.1. The van der Waals surface area contributed by atoms with Crippen molar-refractivity contribution in [2.45, 2.75) is 13.8 Å². The van der Waals surface area contributed by atoms with Crippen LogP contribution in [0, 0.1) is 13.8 Å². The summed E-state index contributed by atoms with van der Waals surface area (Å²) in [5, 5.41) is 0. The molecule has 0 saturated carbocycles. The number of carbonyl (C=O) groups is 2. The number of hydrogen-bond acceptors (Lipinski definition) is 5. The fraction of sp³-hybridized carbons (Fsp3) is 0.222. The van der Waals surface area contributed by atoms with Gasteiger partial charge in [0.25, 0.3) is 0 Å². The van der Waals surface area contributed by atoms with Crippen LogP contribution in [0.1, 0.15) is 11.1 Å². The van der Waals surface area contributed by atoms with Crippen molar-refractivity contribution in [3.05, 3.63) is 65.0 Å². The second kappa shape index (κ2) is 6.96. The normalized spacial score (nSPS) is 13.8. The van der Waals surface area contributed by atoms with Crippen LogP contribution >= 0.6 is 0 Å². The molecule has 0 radical (unpaired) electrons. The molecule has 0 unspecified atom stereocenters. The SMILES string of the molecule is COC(=O)C1=C(C(=O)OC)N(c2ccc(C)cc2C)C=CC=C1. The number of benzene rings is 1. The highest BCUT2D eigenvalue weighted by molar-refractivity contribution is 6.05. The maximum atomic E-state index is 12.3. The summed E-state index contributed by atoms with van der Waals surface area (Å²) in [6.45, 7) is 3.94. The Bertz CT molecular complexity index is 729. The maximum Gasteiger partial charge on any atom is 0.355 e. The first kappa shape index (κ1) is 16.5. The molecule has 5 nitrogen and oxygen atoms in total. The lowest BCUT2D eigenvalue weighted by Gasteiger charge is -2.24. The standard InChI is InChI=1S/C18H19NO4/c1-12-8-9-15(13(2)11-12)19-10-6-5-7-14(17(20)22-3)16(19)18(21)23-4/h5-11H,1-4H3. The molecule has 0 amide bonds. The fourth-order valence-electron chi connectivity index (χ4n) is 2.43. The van der Waals surface area contributed by atoms with E-state index in [1.54, 1.807) is 23.3 Å². The van der Waals surface area contributed by atoms with Gasteiger partial charge in [-0.1, -0.05) is 23.8 Å². The third kappa shape index (κ3) is 3.34. The van der Waals surface area contributed by atoms with E-state index >= 15 is 0 Å². The first-order valence-electron chi connectivity index (χ1n) is 7.12. The Hall–Kier alpha value is -2.82. The average molecular weight is 313 g/mol. The van der Waals surface area contributed by atoms with Crippen molar-refractivity contribution in [2.24, 2.45) is 0 Å². The molecule has 120 valence electrons. The van der Waals surface area contributed by atoms with E-state index in [4.69, 9.17) is 9.47 Å². The van der Waals surface area contributed by atoms with Crippen molar-refractivity contribution in [3.8, 4) is 0 Å². The largest absolute Gasteiger partial charge is 0.465 e. The summed E-state index contributed by atoms with van der Waals surface area (Å²) in [7, 11) is 2.56. The number of ether oxygens (including phenoxy) is 2. The van der Waals surface area contributed by atoms with Crippen LogP contribution in [0.2, 0.25) is 0 Å². The number of methoxy groups -OCH3 is 2. The van der Waals surface area contributed by atoms with Gasteiger partial charge in [0.2, 0.25) is 0 Å². The van der Waals surface area contributed by atoms with Crippen LogP contribution < -0.4 is 4.90 Å². The number of aryl methyl sites for hydroxylation is 2. The zero-order valence-corrected chi connectivity index (χ0v) is 13.6. The first-order valence-corrected chi connectivity index (χ1v) is 7.12. The first-order chi connectivity index (χ1) is 11.0. The molecule has 0 saturated heterocycles. The average Bonchev–Trinajstić information content (AvgIpc) is 2.76. The molecular formula is C18H19NO4. The van der Waals surface area contributed by atoms with E-state index in [0.717, 1.165) is 16.8 Å². The van der Waals surface area contributed by atoms with E-state index in [0.29, 0.717) is 0 Å². The summed E-state index contributed by atoms with van der Waals surface area (Å²) in [5.74, 6) is -1.21. The molecule has 1 aromatic carbocycles. The van der Waals surface area contributed by atoms with Crippen LogP contribution in [0.3, 0.4) is 0 Å². The van der Waals surface area contributed by atoms with Gasteiger partial charge in [0.05, 0.1) is 19.8 Å². The van der Waals surface area contributed by atoms with E-state index in [2.05, 4.69) is 0 Å². The summed E-state index contributed by atoms with van der Waals surface area (Å²) >= 11 is 0. The van der Waals surface area contributed by atoms with Crippen LogP contribution in [0.25, 0.3) is 0 Å². The van der Waals surface area contributed by atoms with Crippen molar-refractivity contribution in [2.75, 3.05) is 19.1 Å². The lowest BCUT2D eigenvalue weighted by molar-refractivity contribution is -0.139. The smallest absolute Gasteiger partial charge is 0.355 e. The zero-order chi connectivity index (χ0) is 17.0. The monoisotopic (exact) mass is 313 g/mol. The third-order valence-corrected chi connectivity index (χ3v) is 3.50. The minimum atomic E-state index is -0.610. The van der Waals surface area contributed by atoms with E-state index in [-0.39, 0.29) is 11.3 Å². The van der Waals surface area contributed by atoms with Crippen LogP contribution in [0.15, 0.2) is 53.9 Å². The van der Waals surface area contributed by atoms with E-state index in [9.17, 15) is 9.59 Å². The van der Waals surface area contributed by atoms with Crippen molar-refractivity contribution in [3.63, 3.8) is 0 Å². The molecule has 5 heteroatoms. The van der Waals surface area contributed by atoms with E-state index < -0.39 is 11.9 Å². The third-order valence-electron chi connectivity index (χ3n) is 3.50. The number of hydrogen-bond donors (Lipinski definition) is 0. The number of allylic oxidation sites excluding steroid dienone is 2. The van der Waals surface area contributed by atoms with Gasteiger partial charge in [0.15, 0.2) is 0 Å². The Labute approximate surface area is 135 Å². The van der Waals surface area contributed by atoms with Crippen molar-refractivity contribution in [1.82, 2.24) is 0 Å². The summed E-state index contributed by atoms with van der Waals surface area (Å²) in [6.07, 6.45) is 6.69. The molecule has 1 aliphatic rings. The van der Waals surface area contributed by atoms with Gasteiger partial charge in [-0.2, -0.15) is 0 Å². The number of rotatable bonds is 3. The number of esters is 2. The van der Waals surface area contributed by atoms with Gasteiger partial charge in [-0.15, -0.1) is 0 Å². The van der Waals surface area contributed by atoms with Crippen molar-refractivity contribution in [1.29, 1.82) is 0 Å². The zero-order valence-electron chi connectivity index (χ0n) is 13.6. The van der Waals surface area contributed by atoms with Crippen LogP contribution in [-0.2, 0) is 19.1 Å². The maximum absolute atomic E-state index is 12.3. The van der Waals surface area contributed by atoms with Gasteiger partial charge >= 0.3 is 11.9 Å². The second-order valence-electron chi connectivity index (χ2n) is 5.11. The second-order valence-corrected chi connectivity index (χ2v) is 5.11. The fourth-order valence-corrected chi connectivity index (χ4v) is 2.43. The highest BCUT2D eigenvalue weighted by Crippen LogP contribution is 2.29. The molecule has 0 fully saturated rings. The number of carbonyl (C=O) groups excluding carboxylic acids is 2. The Kier molecular flexibility index (Phi) is 5.01. The lowest BCUT2D eigenvalue weighted by Crippen LogP contribution is -2.27. The molecule has 0 aliphatic carbocycles. The predicted molar refractivity (Wildman–Crippen MR) is 87.7 cm³/mol. The summed E-state index contributed by atoms with van der Waals surface area (Å²) in [5.41, 5.74) is 3.14. The molecule has 23 heavy (non-hydrogen) atoms. The van der Waals surface area contributed by atoms with Crippen molar-refractivity contribution < 1.29 is 19.1 Å². The highest BCUT2D eigenvalue weighted by atomic mass is 16.5. The van der Waals surface area contributed by atoms with Gasteiger partial charge in [-0.25, -0.2) is 9.59 Å². The Morgan fingerprint density at radius 2 is 1.70 bits per heavy atom. The van der Waals surface area contributed by atoms with Crippen molar-refractivity contribution >= 4 is 17.6 Å². The molecular weight excluding hydrogens is 294 g/mol. The van der Waals surface area contributed by atoms with Crippen LogP contribution in [0.4, 0.5) is 5.69 Å². The van der Waals surface area contributed by atoms with Gasteiger partial charge in [0, 0.05) is 11.9 Å². The Morgan fingerprint density at radius 1 is 1.00 bits per heavy atom. The quantitative estimate of drug-likeness (QED) is 0.803. The van der Waals surface area contributed by atoms with E-state index in [1.165, 1.54) is 20.3 Å². The van der Waals surface area contributed by atoms with Gasteiger partial charge in [-0.05, 0) is 37.6 Å². The minimum Gasteiger partial charge on any atom is -0.465 e. The van der Waals surface area contributed by atoms with Gasteiger partial charge < -0.3 is 14.4 Å². The highest BCUT2D eigenvalue weighted by Gasteiger charge is 2.27. The summed E-state index contributed by atoms with van der Waals surface area (Å²) < 4.78 is 9.66. The molecule has 0 aromatic heterocycles. The summed E-state index contributed by atoms with van der Waals surface area (Å²) in [4.78, 5) is 26.0. The molecule has 0 N–H and O–H groups in total. The molecule has 1 aromatic rings.